The van der Waals surface area contributed by atoms with Gasteiger partial charge in [-0.25, -0.2) is 0 Å². The van der Waals surface area contributed by atoms with Crippen molar-refractivity contribution in [1.82, 2.24) is 0 Å². The van der Waals surface area contributed by atoms with Gasteiger partial charge in [0.25, 0.3) is 5.69 Å². The number of benzene rings is 1. The predicted octanol–water partition coefficient (Wildman–Crippen LogP) is 0.821. The third-order valence-corrected chi connectivity index (χ3v) is 2.83. The van der Waals surface area contributed by atoms with E-state index in [1.807, 2.05) is 0 Å². The van der Waals surface area contributed by atoms with Crippen molar-refractivity contribution in [3.8, 4) is 0 Å². The van der Waals surface area contributed by atoms with E-state index >= 15 is 0 Å². The van der Waals surface area contributed by atoms with Crippen LogP contribution < -0.4 is 5.11 Å². The van der Waals surface area contributed by atoms with Crippen LogP contribution in [0.3, 0.4) is 0 Å². The van der Waals surface area contributed by atoms with Gasteiger partial charge in [-0.2, -0.15) is 0 Å². The molecule has 1 atom stereocenters. The van der Waals surface area contributed by atoms with E-state index in [1.165, 1.54) is 24.3 Å². The van der Waals surface area contributed by atoms with Gasteiger partial charge in [-0.05, 0) is 5.56 Å². The minimum atomic E-state index is -1.21. The molecule has 14 heavy (non-hydrogen) atoms. The third-order valence-electron chi connectivity index (χ3n) is 1.60. The molecule has 0 aliphatic heterocycles. The molecule has 0 saturated carbocycles. The molecule has 1 rings (SSSR count). The molecule has 0 aromatic heterocycles. The fourth-order valence-corrected chi connectivity index (χ4v) is 1.32. The molecule has 0 aliphatic carbocycles. The summed E-state index contributed by atoms with van der Waals surface area (Å²) in [5.41, 5.74) is 0.423. The molecule has 1 aromatic carbocycles. The zero-order valence-electron chi connectivity index (χ0n) is 6.84. The first-order valence-corrected chi connectivity index (χ1v) is 4.86. The number of carbonyl (C=O) groups excluding carboxylic acids is 1. The molecule has 1 aromatic rings. The number of nitro groups is 1. The van der Waals surface area contributed by atoms with Crippen LogP contribution in [0.25, 0.3) is 0 Å². The van der Waals surface area contributed by atoms with Crippen molar-refractivity contribution in [1.29, 1.82) is 0 Å². The number of hydrogen-bond acceptors (Lipinski definition) is 4. The van der Waals surface area contributed by atoms with Gasteiger partial charge in [0.05, 0.1) is 14.8 Å². The highest BCUT2D eigenvalue weighted by Gasteiger charge is 2.10. The molecule has 0 bridgehead atoms. The Labute approximate surface area is 93.0 Å². The maximum absolute atomic E-state index is 10.5. The van der Waals surface area contributed by atoms with Crippen LogP contribution in [0, 0.1) is 10.1 Å². The summed E-state index contributed by atoms with van der Waals surface area (Å²) in [4.78, 5) is 20.2. The largest absolute Gasteiger partial charge is 0.549 e. The first kappa shape index (κ1) is 10.9. The number of aliphatic carboxylic acids is 1. The monoisotopic (exact) mass is 306 g/mol. The minimum absolute atomic E-state index is 0.0595. The number of alkyl halides is 1. The van der Waals surface area contributed by atoms with E-state index in [-0.39, 0.29) is 5.69 Å². The number of nitrogens with zero attached hydrogens (tertiary/aromatic N) is 1. The molecule has 74 valence electrons. The molecule has 0 N–H and O–H groups in total. The van der Waals surface area contributed by atoms with Gasteiger partial charge in [0, 0.05) is 12.1 Å². The van der Waals surface area contributed by atoms with Gasteiger partial charge >= 0.3 is 0 Å². The summed E-state index contributed by atoms with van der Waals surface area (Å²) in [7, 11) is 0. The van der Waals surface area contributed by atoms with Crippen molar-refractivity contribution in [3.05, 3.63) is 39.9 Å². The lowest BCUT2D eigenvalue weighted by molar-refractivity contribution is -0.384. The van der Waals surface area contributed by atoms with Crippen molar-refractivity contribution in [2.24, 2.45) is 0 Å². The van der Waals surface area contributed by atoms with Crippen LogP contribution in [-0.2, 0) is 4.79 Å². The Morgan fingerprint density at radius 3 is 2.21 bits per heavy atom. The van der Waals surface area contributed by atoms with Crippen LogP contribution in [0.1, 0.15) is 9.49 Å². The molecule has 0 radical (unpaired) electrons. The van der Waals surface area contributed by atoms with E-state index < -0.39 is 14.8 Å². The Bertz CT molecular complexity index is 362. The Hall–Kier alpha value is -1.18. The molecule has 0 saturated heterocycles. The van der Waals surface area contributed by atoms with Crippen molar-refractivity contribution in [3.63, 3.8) is 0 Å². The highest BCUT2D eigenvalue weighted by molar-refractivity contribution is 14.1. The van der Waals surface area contributed by atoms with E-state index in [2.05, 4.69) is 0 Å². The Balaban J connectivity index is 2.94. The molecular formula is C8H5INO4-. The van der Waals surface area contributed by atoms with Crippen molar-refractivity contribution < 1.29 is 14.8 Å². The van der Waals surface area contributed by atoms with Crippen LogP contribution in [0.2, 0.25) is 0 Å². The third kappa shape index (κ3) is 2.41. The number of carboxylic acids is 1. The second-order valence-corrected chi connectivity index (χ2v) is 3.78. The van der Waals surface area contributed by atoms with Crippen LogP contribution in [0.15, 0.2) is 24.3 Å². The molecule has 0 spiro atoms. The van der Waals surface area contributed by atoms with E-state index in [9.17, 15) is 20.0 Å². The first-order valence-electron chi connectivity index (χ1n) is 3.61. The quantitative estimate of drug-likeness (QED) is 0.358. The lowest BCUT2D eigenvalue weighted by atomic mass is 10.1. The molecule has 0 aliphatic rings. The van der Waals surface area contributed by atoms with Crippen LogP contribution in [0.5, 0.6) is 0 Å². The van der Waals surface area contributed by atoms with Crippen LogP contribution in [0.4, 0.5) is 5.69 Å². The van der Waals surface area contributed by atoms with E-state index in [0.717, 1.165) is 0 Å². The van der Waals surface area contributed by atoms with Gasteiger partial charge < -0.3 is 9.90 Å². The van der Waals surface area contributed by atoms with Crippen LogP contribution >= 0.6 is 22.6 Å². The molecule has 0 fully saturated rings. The number of halogens is 1. The number of carbonyl (C=O) groups is 1. The summed E-state index contributed by atoms with van der Waals surface area (Å²) in [6.07, 6.45) is 0. The van der Waals surface area contributed by atoms with E-state index in [1.54, 1.807) is 22.6 Å². The number of non-ortho nitro benzene ring substituents is 1. The summed E-state index contributed by atoms with van der Waals surface area (Å²) in [6.45, 7) is 0. The fraction of sp³-hybridized carbons (Fsp3) is 0.125. The Morgan fingerprint density at radius 1 is 1.36 bits per heavy atom. The summed E-state index contributed by atoms with van der Waals surface area (Å²) in [5, 5.41) is 20.8. The van der Waals surface area contributed by atoms with Gasteiger partial charge in [0.2, 0.25) is 0 Å². The number of hydrogen-bond donors (Lipinski definition) is 0. The first-order chi connectivity index (χ1) is 6.52. The summed E-state index contributed by atoms with van der Waals surface area (Å²) < 4.78 is -0.784. The Kier molecular flexibility index (Phi) is 3.39. The summed E-state index contributed by atoms with van der Waals surface area (Å²) in [5.74, 6) is -1.21. The zero-order valence-corrected chi connectivity index (χ0v) is 9.00. The van der Waals surface area contributed by atoms with Gasteiger partial charge in [0.1, 0.15) is 0 Å². The van der Waals surface area contributed by atoms with E-state index in [0.29, 0.717) is 5.56 Å². The average molecular weight is 306 g/mol. The molecule has 5 nitrogen and oxygen atoms in total. The molecule has 1 unspecified atom stereocenters. The zero-order chi connectivity index (χ0) is 10.7. The molecule has 6 heteroatoms. The second-order valence-electron chi connectivity index (χ2n) is 2.53. The van der Waals surface area contributed by atoms with Gasteiger partial charge in [-0.1, -0.05) is 34.7 Å². The van der Waals surface area contributed by atoms with Crippen molar-refractivity contribution >= 4 is 34.2 Å². The molecular weight excluding hydrogens is 301 g/mol. The Morgan fingerprint density at radius 2 is 1.86 bits per heavy atom. The summed E-state index contributed by atoms with van der Waals surface area (Å²) >= 11 is 1.69. The average Bonchev–Trinajstić information content (AvgIpc) is 2.16. The van der Waals surface area contributed by atoms with Crippen molar-refractivity contribution in [2.45, 2.75) is 3.92 Å². The lowest BCUT2D eigenvalue weighted by Gasteiger charge is -2.10. The molecule has 0 amide bonds. The highest BCUT2D eigenvalue weighted by atomic mass is 127. The molecule has 0 heterocycles. The van der Waals surface area contributed by atoms with E-state index in [4.69, 9.17) is 0 Å². The predicted molar refractivity (Wildman–Crippen MR) is 54.9 cm³/mol. The van der Waals surface area contributed by atoms with Gasteiger partial charge in [0.15, 0.2) is 0 Å². The summed E-state index contributed by atoms with van der Waals surface area (Å²) in [6, 6.07) is 5.35. The normalized spacial score (nSPS) is 12.1. The topological polar surface area (TPSA) is 83.3 Å². The number of rotatable bonds is 3. The standard InChI is InChI=1S/C8H6INO4/c9-7(8(11)12)5-1-3-6(4-2-5)10(13)14/h1-4,7H,(H,11,12)/p-1. The highest BCUT2D eigenvalue weighted by Crippen LogP contribution is 2.24. The van der Waals surface area contributed by atoms with Gasteiger partial charge in [-0.15, -0.1) is 0 Å². The van der Waals surface area contributed by atoms with Crippen LogP contribution in [-0.4, -0.2) is 10.9 Å². The SMILES string of the molecule is O=C([O-])C(I)c1ccc([N+](=O)[O-])cc1. The minimum Gasteiger partial charge on any atom is -0.549 e. The van der Waals surface area contributed by atoms with Crippen molar-refractivity contribution in [2.75, 3.05) is 0 Å². The lowest BCUT2D eigenvalue weighted by Crippen LogP contribution is -2.26. The maximum atomic E-state index is 10.5. The van der Waals surface area contributed by atoms with Gasteiger partial charge in [-0.3, -0.25) is 10.1 Å². The maximum Gasteiger partial charge on any atom is 0.269 e. The number of carboxylic acid groups (broad SMARTS) is 1. The number of nitro benzene ring substituents is 1. The smallest absolute Gasteiger partial charge is 0.269 e. The second kappa shape index (κ2) is 4.36. The fourth-order valence-electron chi connectivity index (χ4n) is 0.901.